The summed E-state index contributed by atoms with van der Waals surface area (Å²) in [5.74, 6) is 0.475. The molecule has 0 aliphatic rings. The van der Waals surface area contributed by atoms with E-state index in [1.54, 1.807) is 32.2 Å². The van der Waals surface area contributed by atoms with Crippen molar-refractivity contribution in [2.75, 3.05) is 38.9 Å². The molecule has 0 bridgehead atoms. The van der Waals surface area contributed by atoms with Crippen LogP contribution in [0.4, 0.5) is 5.69 Å². The lowest BCUT2D eigenvalue weighted by atomic mass is 10.2. The number of carbonyl (C=O) groups excluding carboxylic acids is 1. The number of thioether (sulfide) groups is 1. The summed E-state index contributed by atoms with van der Waals surface area (Å²) in [4.78, 5) is 12.8. The molecule has 0 fully saturated rings. The molecule has 0 radical (unpaired) electrons. The van der Waals surface area contributed by atoms with Crippen molar-refractivity contribution in [2.45, 2.75) is 29.9 Å². The van der Waals surface area contributed by atoms with Gasteiger partial charge in [-0.05, 0) is 55.3 Å². The first-order valence-corrected chi connectivity index (χ1v) is 13.6. The van der Waals surface area contributed by atoms with Crippen LogP contribution in [0.2, 0.25) is 5.02 Å². The van der Waals surface area contributed by atoms with Crippen LogP contribution in [0.5, 0.6) is 0 Å². The number of benzene rings is 2. The van der Waals surface area contributed by atoms with Gasteiger partial charge in [-0.3, -0.25) is 4.79 Å². The predicted octanol–water partition coefficient (Wildman–Crippen LogP) is 3.92. The third-order valence-corrected chi connectivity index (χ3v) is 8.17. The average molecular weight is 538 g/mol. The number of nitrogens with zero attached hydrogens (tertiary/aromatic N) is 4. The van der Waals surface area contributed by atoms with E-state index in [0.717, 1.165) is 21.9 Å². The Morgan fingerprint density at radius 3 is 2.54 bits per heavy atom. The van der Waals surface area contributed by atoms with E-state index in [0.29, 0.717) is 34.8 Å². The van der Waals surface area contributed by atoms with Crippen LogP contribution in [0.1, 0.15) is 12.0 Å². The van der Waals surface area contributed by atoms with Crippen molar-refractivity contribution in [1.29, 1.82) is 0 Å². The van der Waals surface area contributed by atoms with Crippen molar-refractivity contribution in [3.05, 3.63) is 53.1 Å². The van der Waals surface area contributed by atoms with Gasteiger partial charge in [0.05, 0.1) is 10.6 Å². The summed E-state index contributed by atoms with van der Waals surface area (Å²) in [6.45, 7) is 3.00. The second kappa shape index (κ2) is 12.0. The molecule has 1 aromatic heterocycles. The van der Waals surface area contributed by atoms with Gasteiger partial charge in [-0.15, -0.1) is 10.2 Å². The number of nitrogens with one attached hydrogen (secondary N) is 1. The average Bonchev–Trinajstić information content (AvgIpc) is 3.22. The van der Waals surface area contributed by atoms with E-state index < -0.39 is 10.0 Å². The number of carbonyl (C=O) groups is 1. The number of amides is 1. The van der Waals surface area contributed by atoms with E-state index in [2.05, 4.69) is 15.5 Å². The number of rotatable bonds is 11. The molecule has 12 heteroatoms. The molecule has 9 nitrogen and oxygen atoms in total. The maximum Gasteiger partial charge on any atom is 0.242 e. The van der Waals surface area contributed by atoms with Crippen LogP contribution in [0, 0.1) is 6.92 Å². The number of ether oxygens (including phenoxy) is 1. The third-order valence-electron chi connectivity index (χ3n) is 5.14. The molecule has 1 N–H and O–H groups in total. The summed E-state index contributed by atoms with van der Waals surface area (Å²) in [5.41, 5.74) is 2.07. The van der Waals surface area contributed by atoms with Gasteiger partial charge in [0.2, 0.25) is 15.9 Å². The maximum atomic E-state index is 12.7. The van der Waals surface area contributed by atoms with Crippen molar-refractivity contribution >= 4 is 45.0 Å². The summed E-state index contributed by atoms with van der Waals surface area (Å²) < 4.78 is 33.2. The minimum absolute atomic E-state index is 0.0765. The van der Waals surface area contributed by atoms with Crippen molar-refractivity contribution in [3.8, 4) is 11.4 Å². The van der Waals surface area contributed by atoms with E-state index in [4.69, 9.17) is 16.3 Å². The highest BCUT2D eigenvalue weighted by molar-refractivity contribution is 7.99. The maximum absolute atomic E-state index is 12.7. The molecule has 0 saturated carbocycles. The highest BCUT2D eigenvalue weighted by Crippen LogP contribution is 2.26. The summed E-state index contributed by atoms with van der Waals surface area (Å²) in [7, 11) is 0.959. The second-order valence-corrected chi connectivity index (χ2v) is 11.4. The molecule has 188 valence electrons. The molecule has 0 saturated heterocycles. The van der Waals surface area contributed by atoms with Gasteiger partial charge in [-0.25, -0.2) is 12.7 Å². The Morgan fingerprint density at radius 1 is 1.17 bits per heavy atom. The van der Waals surface area contributed by atoms with Gasteiger partial charge in [-0.2, -0.15) is 0 Å². The molecule has 0 unspecified atom stereocenters. The smallest absolute Gasteiger partial charge is 0.242 e. The van der Waals surface area contributed by atoms with Crippen LogP contribution >= 0.6 is 23.4 Å². The molecule has 0 aliphatic carbocycles. The predicted molar refractivity (Wildman–Crippen MR) is 138 cm³/mol. The minimum atomic E-state index is -3.61. The number of hydrogen-bond donors (Lipinski definition) is 1. The van der Waals surface area contributed by atoms with Crippen LogP contribution in [0.25, 0.3) is 11.4 Å². The van der Waals surface area contributed by atoms with Crippen LogP contribution in [0.15, 0.2) is 52.5 Å². The van der Waals surface area contributed by atoms with E-state index in [1.807, 2.05) is 16.7 Å². The van der Waals surface area contributed by atoms with Crippen LogP contribution in [-0.4, -0.2) is 67.0 Å². The zero-order valence-electron chi connectivity index (χ0n) is 20.0. The number of halogens is 1. The molecular weight excluding hydrogens is 510 g/mol. The molecule has 35 heavy (non-hydrogen) atoms. The minimum Gasteiger partial charge on any atom is -0.385 e. The molecule has 0 atom stereocenters. The van der Waals surface area contributed by atoms with E-state index in [9.17, 15) is 13.2 Å². The topological polar surface area (TPSA) is 106 Å². The third kappa shape index (κ3) is 6.83. The lowest BCUT2D eigenvalue weighted by molar-refractivity contribution is -0.113. The number of aromatic nitrogens is 3. The highest BCUT2D eigenvalue weighted by Gasteiger charge is 2.20. The number of methoxy groups -OCH3 is 1. The van der Waals surface area contributed by atoms with Crippen LogP contribution in [-0.2, 0) is 26.1 Å². The largest absolute Gasteiger partial charge is 0.385 e. The molecule has 3 rings (SSSR count). The Morgan fingerprint density at radius 2 is 1.89 bits per heavy atom. The fourth-order valence-electron chi connectivity index (χ4n) is 3.20. The number of hydrogen-bond acceptors (Lipinski definition) is 7. The van der Waals surface area contributed by atoms with Gasteiger partial charge in [0.25, 0.3) is 0 Å². The van der Waals surface area contributed by atoms with Crippen molar-refractivity contribution < 1.29 is 17.9 Å². The monoisotopic (exact) mass is 537 g/mol. The SMILES string of the molecule is COCCCn1c(SCC(=O)Nc2cc(S(=O)(=O)N(C)C)ccc2C)nnc1-c1ccc(Cl)cc1. The molecule has 1 heterocycles. The van der Waals surface area contributed by atoms with Crippen molar-refractivity contribution in [2.24, 2.45) is 0 Å². The van der Waals surface area contributed by atoms with Crippen LogP contribution < -0.4 is 5.32 Å². The first-order valence-electron chi connectivity index (χ1n) is 10.8. The number of anilines is 1. The Bertz CT molecular complexity index is 1280. The standard InChI is InChI=1S/C23H28ClN5O4S2/c1-16-6-11-19(35(31,32)28(2)3)14-20(16)25-21(30)15-34-23-27-26-22(29(23)12-5-13-33-4)17-7-9-18(24)10-8-17/h6-11,14H,5,12-13,15H2,1-4H3,(H,25,30). The first kappa shape index (κ1) is 27.2. The fourth-order valence-corrected chi connectivity index (χ4v) is 5.02. The first-order chi connectivity index (χ1) is 16.6. The van der Waals surface area contributed by atoms with Gasteiger partial charge < -0.3 is 14.6 Å². The Balaban J connectivity index is 1.76. The molecular formula is C23H28ClN5O4S2. The Hall–Kier alpha value is -2.44. The van der Waals surface area contributed by atoms with Crippen LogP contribution in [0.3, 0.4) is 0 Å². The molecule has 0 aliphatic heterocycles. The fraction of sp³-hybridized carbons (Fsp3) is 0.348. The Labute approximate surface area is 214 Å². The van der Waals surface area contributed by atoms with Gasteiger partial charge in [-0.1, -0.05) is 29.4 Å². The lowest BCUT2D eigenvalue weighted by Gasteiger charge is -2.14. The zero-order chi connectivity index (χ0) is 25.6. The number of sulfonamides is 1. The van der Waals surface area contributed by atoms with Gasteiger partial charge >= 0.3 is 0 Å². The van der Waals surface area contributed by atoms with E-state index in [1.165, 1.54) is 38.0 Å². The van der Waals surface area contributed by atoms with Crippen molar-refractivity contribution in [1.82, 2.24) is 19.1 Å². The molecule has 0 spiro atoms. The summed E-state index contributed by atoms with van der Waals surface area (Å²) >= 11 is 7.27. The van der Waals surface area contributed by atoms with E-state index >= 15 is 0 Å². The molecule has 1 amide bonds. The quantitative estimate of drug-likeness (QED) is 0.292. The summed E-state index contributed by atoms with van der Waals surface area (Å²) in [6, 6.07) is 12.0. The Kier molecular flexibility index (Phi) is 9.31. The molecule has 3 aromatic rings. The summed E-state index contributed by atoms with van der Waals surface area (Å²) in [6.07, 6.45) is 0.751. The van der Waals surface area contributed by atoms with E-state index in [-0.39, 0.29) is 16.6 Å². The normalized spacial score (nSPS) is 11.7. The summed E-state index contributed by atoms with van der Waals surface area (Å²) in [5, 5.41) is 12.7. The van der Waals surface area contributed by atoms with Gasteiger partial charge in [0.1, 0.15) is 0 Å². The van der Waals surface area contributed by atoms with Gasteiger partial charge in [0, 0.05) is 50.6 Å². The zero-order valence-corrected chi connectivity index (χ0v) is 22.4. The highest BCUT2D eigenvalue weighted by atomic mass is 35.5. The lowest BCUT2D eigenvalue weighted by Crippen LogP contribution is -2.22. The molecule has 2 aromatic carbocycles. The van der Waals surface area contributed by atoms with Crippen molar-refractivity contribution in [3.63, 3.8) is 0 Å². The van der Waals surface area contributed by atoms with Gasteiger partial charge in [0.15, 0.2) is 11.0 Å². The second-order valence-electron chi connectivity index (χ2n) is 7.91. The number of aryl methyl sites for hydroxylation is 1.